The molecule has 2 unspecified atom stereocenters. The van der Waals surface area contributed by atoms with Crippen molar-refractivity contribution in [3.8, 4) is 6.07 Å². The number of piperazine rings is 1. The van der Waals surface area contributed by atoms with E-state index in [9.17, 15) is 10.4 Å². The van der Waals surface area contributed by atoms with Crippen LogP contribution in [0.1, 0.15) is 12.5 Å². The summed E-state index contributed by atoms with van der Waals surface area (Å²) < 4.78 is 0. The van der Waals surface area contributed by atoms with Crippen molar-refractivity contribution in [3.63, 3.8) is 0 Å². The lowest BCUT2D eigenvalue weighted by Gasteiger charge is -2.45. The number of para-hydroxylation sites is 1. The SMILES string of the molecule is CC1CN(C)CC(CO)N1c1ccccc1C#N. The van der Waals surface area contributed by atoms with E-state index in [1.807, 2.05) is 24.3 Å². The van der Waals surface area contributed by atoms with Crippen LogP contribution in [-0.2, 0) is 0 Å². The van der Waals surface area contributed by atoms with Gasteiger partial charge < -0.3 is 14.9 Å². The Kier molecular flexibility index (Phi) is 3.85. The lowest BCUT2D eigenvalue weighted by atomic mass is 10.0. The van der Waals surface area contributed by atoms with Gasteiger partial charge in [-0.15, -0.1) is 0 Å². The minimum atomic E-state index is 0.0493. The summed E-state index contributed by atoms with van der Waals surface area (Å²) in [7, 11) is 2.06. The Labute approximate surface area is 108 Å². The van der Waals surface area contributed by atoms with Gasteiger partial charge in [0.05, 0.1) is 23.9 Å². The highest BCUT2D eigenvalue weighted by molar-refractivity contribution is 5.60. The predicted octanol–water partition coefficient (Wildman–Crippen LogP) is 1.06. The summed E-state index contributed by atoms with van der Waals surface area (Å²) in [6, 6.07) is 10.2. The highest BCUT2D eigenvalue weighted by atomic mass is 16.3. The van der Waals surface area contributed by atoms with Crippen LogP contribution in [0.25, 0.3) is 0 Å². The fourth-order valence-corrected chi connectivity index (χ4v) is 2.79. The van der Waals surface area contributed by atoms with Crippen molar-refractivity contribution in [3.05, 3.63) is 29.8 Å². The molecule has 1 aliphatic rings. The quantitative estimate of drug-likeness (QED) is 0.846. The molecule has 96 valence electrons. The zero-order valence-corrected chi connectivity index (χ0v) is 10.9. The van der Waals surface area contributed by atoms with Crippen molar-refractivity contribution < 1.29 is 5.11 Å². The van der Waals surface area contributed by atoms with Gasteiger partial charge in [0.2, 0.25) is 0 Å². The molecule has 0 spiro atoms. The topological polar surface area (TPSA) is 50.5 Å². The van der Waals surface area contributed by atoms with Crippen molar-refractivity contribution in [2.24, 2.45) is 0 Å². The summed E-state index contributed by atoms with van der Waals surface area (Å²) in [5, 5.41) is 18.8. The van der Waals surface area contributed by atoms with Gasteiger partial charge in [-0.25, -0.2) is 0 Å². The second kappa shape index (κ2) is 5.38. The highest BCUT2D eigenvalue weighted by Crippen LogP contribution is 2.27. The highest BCUT2D eigenvalue weighted by Gasteiger charge is 2.31. The van der Waals surface area contributed by atoms with Gasteiger partial charge in [0, 0.05) is 19.1 Å². The fraction of sp³-hybridized carbons (Fsp3) is 0.500. The molecule has 4 nitrogen and oxygen atoms in total. The van der Waals surface area contributed by atoms with Crippen LogP contribution < -0.4 is 4.90 Å². The van der Waals surface area contributed by atoms with Crippen LogP contribution in [-0.4, -0.2) is 48.8 Å². The Morgan fingerprint density at radius 1 is 1.39 bits per heavy atom. The maximum Gasteiger partial charge on any atom is 0.101 e. The molecular formula is C14H19N3O. The molecular weight excluding hydrogens is 226 g/mol. The summed E-state index contributed by atoms with van der Waals surface area (Å²) in [4.78, 5) is 4.40. The molecule has 0 aliphatic carbocycles. The zero-order valence-electron chi connectivity index (χ0n) is 10.9. The summed E-state index contributed by atoms with van der Waals surface area (Å²) in [5.41, 5.74) is 1.60. The van der Waals surface area contributed by atoms with E-state index in [1.54, 1.807) is 0 Å². The van der Waals surface area contributed by atoms with E-state index in [1.165, 1.54) is 0 Å². The normalized spacial score (nSPS) is 24.9. The molecule has 1 saturated heterocycles. The van der Waals surface area contributed by atoms with Crippen LogP contribution in [0.3, 0.4) is 0 Å². The van der Waals surface area contributed by atoms with E-state index in [4.69, 9.17) is 0 Å². The second-order valence-corrected chi connectivity index (χ2v) is 4.94. The third kappa shape index (κ3) is 2.33. The van der Waals surface area contributed by atoms with Crippen molar-refractivity contribution >= 4 is 5.69 Å². The first kappa shape index (κ1) is 12.9. The number of nitriles is 1. The van der Waals surface area contributed by atoms with Gasteiger partial charge >= 0.3 is 0 Å². The van der Waals surface area contributed by atoms with Gasteiger partial charge in [0.1, 0.15) is 6.07 Å². The predicted molar refractivity (Wildman–Crippen MR) is 71.5 cm³/mol. The first-order chi connectivity index (χ1) is 8.67. The first-order valence-corrected chi connectivity index (χ1v) is 6.24. The van der Waals surface area contributed by atoms with Crippen LogP contribution in [0, 0.1) is 11.3 Å². The number of anilines is 1. The Hall–Kier alpha value is -1.57. The average Bonchev–Trinajstić information content (AvgIpc) is 2.38. The monoisotopic (exact) mass is 245 g/mol. The Morgan fingerprint density at radius 3 is 2.78 bits per heavy atom. The number of aliphatic hydroxyl groups is 1. The van der Waals surface area contributed by atoms with Crippen molar-refractivity contribution in [1.29, 1.82) is 5.26 Å². The molecule has 1 fully saturated rings. The summed E-state index contributed by atoms with van der Waals surface area (Å²) in [6.07, 6.45) is 0. The summed E-state index contributed by atoms with van der Waals surface area (Å²) in [6.45, 7) is 4.00. The zero-order chi connectivity index (χ0) is 13.1. The fourth-order valence-electron chi connectivity index (χ4n) is 2.79. The van der Waals surface area contributed by atoms with Gasteiger partial charge in [0.15, 0.2) is 0 Å². The van der Waals surface area contributed by atoms with Gasteiger partial charge in [-0.2, -0.15) is 5.26 Å². The molecule has 1 aromatic carbocycles. The number of benzene rings is 1. The molecule has 0 radical (unpaired) electrons. The molecule has 2 atom stereocenters. The summed E-state index contributed by atoms with van der Waals surface area (Å²) >= 11 is 0. The van der Waals surface area contributed by atoms with Crippen LogP contribution in [0.15, 0.2) is 24.3 Å². The van der Waals surface area contributed by atoms with Gasteiger partial charge in [-0.1, -0.05) is 12.1 Å². The molecule has 1 N–H and O–H groups in total. The van der Waals surface area contributed by atoms with Crippen molar-refractivity contribution in [1.82, 2.24) is 4.90 Å². The molecule has 0 bridgehead atoms. The lowest BCUT2D eigenvalue weighted by molar-refractivity contribution is 0.171. The molecule has 2 rings (SSSR count). The van der Waals surface area contributed by atoms with E-state index < -0.39 is 0 Å². The maximum absolute atomic E-state index is 9.57. The standard InChI is InChI=1S/C14H19N3O/c1-11-8-16(2)9-13(10-18)17(11)14-6-4-3-5-12(14)7-15/h3-6,11,13,18H,8-10H2,1-2H3. The molecule has 0 aromatic heterocycles. The van der Waals surface area contributed by atoms with Crippen molar-refractivity contribution in [2.45, 2.75) is 19.0 Å². The maximum atomic E-state index is 9.57. The third-order valence-corrected chi connectivity index (χ3v) is 3.48. The second-order valence-electron chi connectivity index (χ2n) is 4.94. The smallest absolute Gasteiger partial charge is 0.101 e. The van der Waals surface area contributed by atoms with E-state index in [2.05, 4.69) is 29.8 Å². The van der Waals surface area contributed by atoms with E-state index in [0.29, 0.717) is 5.56 Å². The third-order valence-electron chi connectivity index (χ3n) is 3.48. The van der Waals surface area contributed by atoms with E-state index >= 15 is 0 Å². The Bertz CT molecular complexity index is 455. The molecule has 0 amide bonds. The summed E-state index contributed by atoms with van der Waals surface area (Å²) in [5.74, 6) is 0. The molecule has 18 heavy (non-hydrogen) atoms. The van der Waals surface area contributed by atoms with Gasteiger partial charge in [0.25, 0.3) is 0 Å². The minimum Gasteiger partial charge on any atom is -0.394 e. The molecule has 1 aromatic rings. The minimum absolute atomic E-state index is 0.0493. The first-order valence-electron chi connectivity index (χ1n) is 6.24. The van der Waals surface area contributed by atoms with Crippen molar-refractivity contribution in [2.75, 3.05) is 31.6 Å². The molecule has 4 heteroatoms. The lowest BCUT2D eigenvalue weighted by Crippen LogP contribution is -2.58. The molecule has 1 aliphatic heterocycles. The van der Waals surface area contributed by atoms with Gasteiger partial charge in [-0.3, -0.25) is 0 Å². The Morgan fingerprint density at radius 2 is 2.11 bits per heavy atom. The van der Waals surface area contributed by atoms with E-state index in [0.717, 1.165) is 18.8 Å². The largest absolute Gasteiger partial charge is 0.394 e. The number of hydrogen-bond acceptors (Lipinski definition) is 4. The van der Waals surface area contributed by atoms with Crippen LogP contribution in [0.4, 0.5) is 5.69 Å². The number of nitrogens with zero attached hydrogens (tertiary/aromatic N) is 3. The number of aliphatic hydroxyl groups excluding tert-OH is 1. The van der Waals surface area contributed by atoms with Gasteiger partial charge in [-0.05, 0) is 26.1 Å². The average molecular weight is 245 g/mol. The molecule has 0 saturated carbocycles. The number of likely N-dealkylation sites (N-methyl/N-ethyl adjacent to an activating group) is 1. The number of hydrogen-bond donors (Lipinski definition) is 1. The number of rotatable bonds is 2. The van der Waals surface area contributed by atoms with E-state index in [-0.39, 0.29) is 18.7 Å². The van der Waals surface area contributed by atoms with Crippen LogP contribution >= 0.6 is 0 Å². The van der Waals surface area contributed by atoms with Crippen LogP contribution in [0.2, 0.25) is 0 Å². The Balaban J connectivity index is 2.38. The van der Waals surface area contributed by atoms with Crippen LogP contribution in [0.5, 0.6) is 0 Å². The molecule has 1 heterocycles.